The highest BCUT2D eigenvalue weighted by molar-refractivity contribution is 5.94. The molecule has 30 heavy (non-hydrogen) atoms. The Bertz CT molecular complexity index is 1220. The van der Waals surface area contributed by atoms with Gasteiger partial charge in [0, 0.05) is 12.1 Å². The van der Waals surface area contributed by atoms with Crippen molar-refractivity contribution in [3.8, 4) is 5.69 Å². The van der Waals surface area contributed by atoms with Crippen molar-refractivity contribution in [1.82, 2.24) is 14.5 Å². The van der Waals surface area contributed by atoms with Crippen molar-refractivity contribution < 1.29 is 9.59 Å². The van der Waals surface area contributed by atoms with Crippen LogP contribution in [-0.2, 0) is 4.79 Å². The number of hydrogen-bond donors (Lipinski definition) is 1. The minimum atomic E-state index is -0.767. The average molecular weight is 407 g/mol. The van der Waals surface area contributed by atoms with Gasteiger partial charge in [0.05, 0.1) is 16.6 Å². The van der Waals surface area contributed by atoms with Gasteiger partial charge in [0.15, 0.2) is 5.78 Å². The van der Waals surface area contributed by atoms with E-state index in [1.165, 1.54) is 17.6 Å². The van der Waals surface area contributed by atoms with Crippen molar-refractivity contribution in [3.05, 3.63) is 74.9 Å². The van der Waals surface area contributed by atoms with E-state index < -0.39 is 17.3 Å². The van der Waals surface area contributed by atoms with E-state index in [1.54, 1.807) is 42.5 Å². The predicted octanol–water partition coefficient (Wildman–Crippen LogP) is 2.83. The normalized spacial score (nSPS) is 12.0. The Morgan fingerprint density at radius 3 is 2.43 bits per heavy atom. The zero-order chi connectivity index (χ0) is 21.8. The SMILES string of the molecule is CCCNC(=O)[C@@H](CC)n1c(=O)n(-c2cccc(C(C)=O)c2)c(=O)c2ccccc21. The molecule has 1 N–H and O–H groups in total. The lowest BCUT2D eigenvalue weighted by molar-refractivity contribution is -0.124. The minimum Gasteiger partial charge on any atom is -0.354 e. The predicted molar refractivity (Wildman–Crippen MR) is 116 cm³/mol. The molecule has 0 aliphatic carbocycles. The Morgan fingerprint density at radius 2 is 1.77 bits per heavy atom. The molecule has 1 aromatic heterocycles. The molecular weight excluding hydrogens is 382 g/mol. The second-order valence-corrected chi connectivity index (χ2v) is 7.13. The Kier molecular flexibility index (Phi) is 6.30. The van der Waals surface area contributed by atoms with Crippen molar-refractivity contribution in [3.63, 3.8) is 0 Å². The van der Waals surface area contributed by atoms with Crippen molar-refractivity contribution in [2.24, 2.45) is 0 Å². The molecule has 0 spiro atoms. The lowest BCUT2D eigenvalue weighted by Crippen LogP contribution is -2.44. The first-order valence-electron chi connectivity index (χ1n) is 10.1. The average Bonchev–Trinajstić information content (AvgIpc) is 2.75. The highest BCUT2D eigenvalue weighted by Crippen LogP contribution is 2.18. The van der Waals surface area contributed by atoms with Crippen LogP contribution >= 0.6 is 0 Å². The molecule has 0 aliphatic rings. The van der Waals surface area contributed by atoms with Gasteiger partial charge in [-0.3, -0.25) is 19.0 Å². The van der Waals surface area contributed by atoms with Gasteiger partial charge in [-0.25, -0.2) is 9.36 Å². The first kappa shape index (κ1) is 21.2. The molecule has 0 aliphatic heterocycles. The van der Waals surface area contributed by atoms with Crippen LogP contribution in [0.1, 0.15) is 50.0 Å². The molecule has 7 heteroatoms. The first-order valence-corrected chi connectivity index (χ1v) is 10.1. The number of nitrogens with zero attached hydrogens (tertiary/aromatic N) is 2. The van der Waals surface area contributed by atoms with E-state index >= 15 is 0 Å². The summed E-state index contributed by atoms with van der Waals surface area (Å²) < 4.78 is 2.41. The Balaban J connectivity index is 2.35. The van der Waals surface area contributed by atoms with Crippen molar-refractivity contribution in [2.45, 2.75) is 39.7 Å². The van der Waals surface area contributed by atoms with Crippen molar-refractivity contribution in [2.75, 3.05) is 6.54 Å². The molecule has 156 valence electrons. The van der Waals surface area contributed by atoms with Gasteiger partial charge in [0.1, 0.15) is 6.04 Å². The molecule has 0 saturated carbocycles. The van der Waals surface area contributed by atoms with Crippen LogP contribution in [0.25, 0.3) is 16.6 Å². The third-order valence-electron chi connectivity index (χ3n) is 5.06. The molecule has 2 aromatic carbocycles. The van der Waals surface area contributed by atoms with Crippen LogP contribution in [0.5, 0.6) is 0 Å². The van der Waals surface area contributed by atoms with Gasteiger partial charge in [-0.15, -0.1) is 0 Å². The zero-order valence-corrected chi connectivity index (χ0v) is 17.3. The van der Waals surface area contributed by atoms with Crippen LogP contribution in [0.2, 0.25) is 0 Å². The fraction of sp³-hybridized carbons (Fsp3) is 0.304. The fourth-order valence-electron chi connectivity index (χ4n) is 3.53. The standard InChI is InChI=1S/C23H25N3O4/c1-4-13-24-21(28)19(5-2)26-20-12-7-6-11-18(20)22(29)25(23(26)30)17-10-8-9-16(14-17)15(3)27/h6-12,14,19H,4-5,13H2,1-3H3,(H,24,28)/t19-/m1/s1. The molecular formula is C23H25N3O4. The summed E-state index contributed by atoms with van der Waals surface area (Å²) in [5.41, 5.74) is -0.00787. The topological polar surface area (TPSA) is 90.2 Å². The third kappa shape index (κ3) is 3.83. The maximum atomic E-state index is 13.5. The second kappa shape index (κ2) is 8.90. The molecule has 1 heterocycles. The van der Waals surface area contributed by atoms with E-state index in [9.17, 15) is 19.2 Å². The van der Waals surface area contributed by atoms with E-state index in [0.29, 0.717) is 35.1 Å². The van der Waals surface area contributed by atoms with Crippen LogP contribution in [0.3, 0.4) is 0 Å². The van der Waals surface area contributed by atoms with Crippen LogP contribution in [0.4, 0.5) is 0 Å². The van der Waals surface area contributed by atoms with Crippen LogP contribution in [0.15, 0.2) is 58.1 Å². The Morgan fingerprint density at radius 1 is 1.03 bits per heavy atom. The summed E-state index contributed by atoms with van der Waals surface area (Å²) in [4.78, 5) is 51.3. The Labute approximate surface area is 174 Å². The van der Waals surface area contributed by atoms with Gasteiger partial charge in [-0.1, -0.05) is 38.1 Å². The largest absolute Gasteiger partial charge is 0.354 e. The molecule has 0 unspecified atom stereocenters. The summed E-state index contributed by atoms with van der Waals surface area (Å²) in [7, 11) is 0. The lowest BCUT2D eigenvalue weighted by Gasteiger charge is -2.21. The fourth-order valence-corrected chi connectivity index (χ4v) is 3.53. The molecule has 1 amide bonds. The molecule has 3 aromatic rings. The van der Waals surface area contributed by atoms with E-state index in [0.717, 1.165) is 11.0 Å². The van der Waals surface area contributed by atoms with Gasteiger partial charge >= 0.3 is 5.69 Å². The number of Topliss-reactive ketones (excluding diaryl/α,β-unsaturated/α-hetero) is 1. The summed E-state index contributed by atoms with van der Waals surface area (Å²) in [6.45, 7) is 5.70. The summed E-state index contributed by atoms with van der Waals surface area (Å²) in [6, 6.07) is 12.4. The number of hydrogen-bond acceptors (Lipinski definition) is 4. The summed E-state index contributed by atoms with van der Waals surface area (Å²) in [5, 5.41) is 3.17. The zero-order valence-electron chi connectivity index (χ0n) is 17.3. The van der Waals surface area contributed by atoms with Gasteiger partial charge < -0.3 is 5.32 Å². The van der Waals surface area contributed by atoms with Crippen LogP contribution in [-0.4, -0.2) is 27.4 Å². The van der Waals surface area contributed by atoms with E-state index in [-0.39, 0.29) is 11.7 Å². The molecule has 0 bridgehead atoms. The number of ketones is 1. The smallest absolute Gasteiger partial charge is 0.336 e. The second-order valence-electron chi connectivity index (χ2n) is 7.13. The molecule has 1 atom stereocenters. The number of carbonyl (C=O) groups excluding carboxylic acids is 2. The number of para-hydroxylation sites is 1. The number of nitrogens with one attached hydrogen (secondary N) is 1. The van der Waals surface area contributed by atoms with Crippen LogP contribution < -0.4 is 16.6 Å². The number of fused-ring (bicyclic) bond motifs is 1. The monoisotopic (exact) mass is 407 g/mol. The number of benzene rings is 2. The van der Waals surface area contributed by atoms with Crippen molar-refractivity contribution >= 4 is 22.6 Å². The lowest BCUT2D eigenvalue weighted by atomic mass is 10.1. The van der Waals surface area contributed by atoms with E-state index in [4.69, 9.17) is 0 Å². The minimum absolute atomic E-state index is 0.170. The van der Waals surface area contributed by atoms with E-state index in [2.05, 4.69) is 5.32 Å². The maximum absolute atomic E-state index is 13.5. The Hall–Kier alpha value is -3.48. The third-order valence-corrected chi connectivity index (χ3v) is 5.06. The highest BCUT2D eigenvalue weighted by Gasteiger charge is 2.24. The van der Waals surface area contributed by atoms with Gasteiger partial charge in [0.25, 0.3) is 5.56 Å². The number of aromatic nitrogens is 2. The molecule has 0 radical (unpaired) electrons. The van der Waals surface area contributed by atoms with Gasteiger partial charge in [-0.2, -0.15) is 0 Å². The first-order chi connectivity index (χ1) is 14.4. The van der Waals surface area contributed by atoms with Gasteiger partial charge in [-0.05, 0) is 44.0 Å². The molecule has 7 nitrogen and oxygen atoms in total. The highest BCUT2D eigenvalue weighted by atomic mass is 16.2. The summed E-state index contributed by atoms with van der Waals surface area (Å²) in [6.07, 6.45) is 1.15. The molecule has 0 fully saturated rings. The van der Waals surface area contributed by atoms with Crippen LogP contribution in [0, 0.1) is 0 Å². The number of rotatable bonds is 7. The van der Waals surface area contributed by atoms with Gasteiger partial charge in [0.2, 0.25) is 5.91 Å². The van der Waals surface area contributed by atoms with Crippen molar-refractivity contribution in [1.29, 1.82) is 0 Å². The van der Waals surface area contributed by atoms with E-state index in [1.807, 2.05) is 13.8 Å². The number of carbonyl (C=O) groups is 2. The maximum Gasteiger partial charge on any atom is 0.336 e. The quantitative estimate of drug-likeness (QED) is 0.610. The summed E-state index contributed by atoms with van der Waals surface area (Å²) >= 11 is 0. The summed E-state index contributed by atoms with van der Waals surface area (Å²) in [5.74, 6) is -0.439. The molecule has 0 saturated heterocycles. The molecule has 3 rings (SSSR count). The number of amides is 1.